The second-order valence-electron chi connectivity index (χ2n) is 7.00. The Morgan fingerprint density at radius 2 is 1.97 bits per heavy atom. The summed E-state index contributed by atoms with van der Waals surface area (Å²) in [6, 6.07) is 15.9. The highest BCUT2D eigenvalue weighted by Gasteiger charge is 2.17. The van der Waals surface area contributed by atoms with Gasteiger partial charge in [-0.25, -0.2) is 9.97 Å². The van der Waals surface area contributed by atoms with Gasteiger partial charge in [0.15, 0.2) is 11.0 Å². The molecule has 6 nitrogen and oxygen atoms in total. The molecule has 2 aromatic heterocycles. The molecule has 0 unspecified atom stereocenters. The molecule has 0 radical (unpaired) electrons. The first-order valence-electron chi connectivity index (χ1n) is 9.48. The average Bonchev–Trinajstić information content (AvgIpc) is 3.34. The highest BCUT2D eigenvalue weighted by molar-refractivity contribution is 7.99. The summed E-state index contributed by atoms with van der Waals surface area (Å²) in [7, 11) is 1.84. The van der Waals surface area contributed by atoms with Crippen LogP contribution in [0.15, 0.2) is 65.8 Å². The molecule has 7 heteroatoms. The fourth-order valence-electron chi connectivity index (χ4n) is 3.39. The molecule has 150 valence electrons. The third-order valence-corrected chi connectivity index (χ3v) is 6.17. The van der Waals surface area contributed by atoms with E-state index in [1.807, 2.05) is 58.8 Å². The minimum absolute atomic E-state index is 0.0172. The highest BCUT2D eigenvalue weighted by atomic mass is 32.2. The van der Waals surface area contributed by atoms with E-state index in [1.54, 1.807) is 6.20 Å². The zero-order valence-corrected chi connectivity index (χ0v) is 17.8. The summed E-state index contributed by atoms with van der Waals surface area (Å²) in [6.45, 7) is 4.16. The van der Waals surface area contributed by atoms with Crippen molar-refractivity contribution in [3.05, 3.63) is 77.6 Å². The number of aryl methyl sites for hydroxylation is 2. The van der Waals surface area contributed by atoms with Gasteiger partial charge in [0.2, 0.25) is 0 Å². The number of allylic oxidation sites excluding steroid dienone is 1. The van der Waals surface area contributed by atoms with E-state index in [0.717, 1.165) is 21.9 Å². The van der Waals surface area contributed by atoms with Gasteiger partial charge in [0, 0.05) is 19.4 Å². The van der Waals surface area contributed by atoms with Crippen molar-refractivity contribution in [1.29, 1.82) is 5.26 Å². The van der Waals surface area contributed by atoms with Gasteiger partial charge < -0.3 is 9.67 Å². The SMILES string of the molecule is Cc1cccc(-n2ccnc2SCC(O)=C(C#N)c2nc3ccccc3n2C)c1C. The van der Waals surface area contributed by atoms with Gasteiger partial charge in [0.25, 0.3) is 0 Å². The van der Waals surface area contributed by atoms with Crippen LogP contribution in [0.2, 0.25) is 0 Å². The highest BCUT2D eigenvalue weighted by Crippen LogP contribution is 2.28. The molecule has 2 aromatic carbocycles. The van der Waals surface area contributed by atoms with Crippen molar-refractivity contribution >= 4 is 28.4 Å². The molecule has 4 aromatic rings. The van der Waals surface area contributed by atoms with Gasteiger partial charge >= 0.3 is 0 Å². The van der Waals surface area contributed by atoms with Gasteiger partial charge in [-0.2, -0.15) is 5.26 Å². The van der Waals surface area contributed by atoms with Gasteiger partial charge in [-0.1, -0.05) is 36.0 Å². The molecule has 0 fully saturated rings. The van der Waals surface area contributed by atoms with Crippen molar-refractivity contribution in [2.24, 2.45) is 7.05 Å². The number of aliphatic hydroxyl groups is 1. The Morgan fingerprint density at radius 1 is 1.17 bits per heavy atom. The predicted octanol–water partition coefficient (Wildman–Crippen LogP) is 4.96. The number of thioether (sulfide) groups is 1. The fraction of sp³-hybridized carbons (Fsp3) is 0.174. The number of imidazole rings is 2. The third kappa shape index (κ3) is 3.46. The van der Waals surface area contributed by atoms with E-state index >= 15 is 0 Å². The van der Waals surface area contributed by atoms with Crippen molar-refractivity contribution in [3.8, 4) is 11.8 Å². The summed E-state index contributed by atoms with van der Waals surface area (Å²) in [5.74, 6) is 0.652. The number of hydrogen-bond acceptors (Lipinski definition) is 5. The van der Waals surface area contributed by atoms with Crippen LogP contribution in [0.4, 0.5) is 0 Å². The van der Waals surface area contributed by atoms with E-state index in [9.17, 15) is 10.4 Å². The van der Waals surface area contributed by atoms with Crippen LogP contribution in [-0.4, -0.2) is 30.0 Å². The van der Waals surface area contributed by atoms with Crippen molar-refractivity contribution in [1.82, 2.24) is 19.1 Å². The molecule has 0 saturated heterocycles. The maximum Gasteiger partial charge on any atom is 0.173 e. The third-order valence-electron chi connectivity index (χ3n) is 5.19. The number of aromatic nitrogens is 4. The zero-order valence-electron chi connectivity index (χ0n) is 17.0. The second-order valence-corrected chi connectivity index (χ2v) is 7.95. The minimum atomic E-state index is -0.0172. The largest absolute Gasteiger partial charge is 0.510 e. The van der Waals surface area contributed by atoms with Crippen LogP contribution in [0, 0.1) is 25.2 Å². The Kier molecular flexibility index (Phi) is 5.34. The lowest BCUT2D eigenvalue weighted by molar-refractivity contribution is 0.420. The lowest BCUT2D eigenvalue weighted by atomic mass is 10.1. The molecule has 0 aliphatic carbocycles. The van der Waals surface area contributed by atoms with Crippen LogP contribution in [-0.2, 0) is 7.05 Å². The fourth-order valence-corrected chi connectivity index (χ4v) is 4.24. The topological polar surface area (TPSA) is 79.7 Å². The first-order valence-corrected chi connectivity index (χ1v) is 10.5. The van der Waals surface area contributed by atoms with Gasteiger partial charge in [-0.05, 0) is 43.2 Å². The molecule has 30 heavy (non-hydrogen) atoms. The Bertz CT molecular complexity index is 1310. The summed E-state index contributed by atoms with van der Waals surface area (Å²) < 4.78 is 3.83. The van der Waals surface area contributed by atoms with Crippen molar-refractivity contribution in [2.75, 3.05) is 5.75 Å². The Balaban J connectivity index is 1.64. The average molecular weight is 416 g/mol. The number of nitrogens with zero attached hydrogens (tertiary/aromatic N) is 5. The van der Waals surface area contributed by atoms with Gasteiger partial charge in [0.1, 0.15) is 17.4 Å². The number of nitriles is 1. The Labute approximate surface area is 179 Å². The normalized spacial score (nSPS) is 12.1. The van der Waals surface area contributed by atoms with Gasteiger partial charge in [-0.15, -0.1) is 0 Å². The maximum atomic E-state index is 10.7. The number of hydrogen-bond donors (Lipinski definition) is 1. The Morgan fingerprint density at radius 3 is 2.73 bits per heavy atom. The molecule has 0 atom stereocenters. The number of fused-ring (bicyclic) bond motifs is 1. The predicted molar refractivity (Wildman–Crippen MR) is 120 cm³/mol. The summed E-state index contributed by atoms with van der Waals surface area (Å²) in [4.78, 5) is 8.96. The number of rotatable bonds is 5. The van der Waals surface area contributed by atoms with E-state index in [4.69, 9.17) is 0 Å². The van der Waals surface area contributed by atoms with Crippen LogP contribution in [0.25, 0.3) is 22.3 Å². The van der Waals surface area contributed by atoms with Crippen molar-refractivity contribution in [3.63, 3.8) is 0 Å². The maximum absolute atomic E-state index is 10.7. The van der Waals surface area contributed by atoms with Gasteiger partial charge in [0.05, 0.1) is 22.5 Å². The van der Waals surface area contributed by atoms with Crippen LogP contribution in [0.1, 0.15) is 17.0 Å². The van der Waals surface area contributed by atoms with E-state index in [2.05, 4.69) is 36.0 Å². The molecule has 0 bridgehead atoms. The summed E-state index contributed by atoms with van der Waals surface area (Å²) in [6.07, 6.45) is 3.64. The zero-order chi connectivity index (χ0) is 21.3. The Hall–Kier alpha value is -3.50. The quantitative estimate of drug-likeness (QED) is 0.283. The molecular weight excluding hydrogens is 394 g/mol. The molecule has 1 N–H and O–H groups in total. The summed E-state index contributed by atoms with van der Waals surface area (Å²) in [5, 5.41) is 21.2. The lowest BCUT2D eigenvalue weighted by Crippen LogP contribution is -2.02. The molecular formula is C23H21N5OS. The molecule has 0 saturated carbocycles. The molecule has 4 rings (SSSR count). The second kappa shape index (κ2) is 8.09. The number of aliphatic hydroxyl groups excluding tert-OH is 1. The minimum Gasteiger partial charge on any atom is -0.510 e. The molecule has 0 spiro atoms. The van der Waals surface area contributed by atoms with E-state index in [1.165, 1.54) is 22.9 Å². The number of para-hydroxylation sites is 2. The monoisotopic (exact) mass is 415 g/mol. The van der Waals surface area contributed by atoms with Crippen LogP contribution < -0.4 is 0 Å². The first-order chi connectivity index (χ1) is 14.5. The smallest absolute Gasteiger partial charge is 0.173 e. The number of benzene rings is 2. The van der Waals surface area contributed by atoms with E-state index in [0.29, 0.717) is 5.82 Å². The summed E-state index contributed by atoms with van der Waals surface area (Å²) in [5.41, 5.74) is 5.29. The standard InChI is InChI=1S/C23H21N5OS/c1-15-7-6-10-19(16(15)2)28-12-11-25-23(28)30-14-21(29)17(13-24)22-26-18-8-4-5-9-20(18)27(22)3/h4-12,29H,14H2,1-3H3. The molecule has 0 amide bonds. The van der Waals surface area contributed by atoms with Crippen LogP contribution in [0.5, 0.6) is 0 Å². The van der Waals surface area contributed by atoms with Crippen molar-refractivity contribution < 1.29 is 5.11 Å². The summed E-state index contributed by atoms with van der Waals surface area (Å²) >= 11 is 1.38. The lowest BCUT2D eigenvalue weighted by Gasteiger charge is -2.12. The van der Waals surface area contributed by atoms with Crippen LogP contribution in [0.3, 0.4) is 0 Å². The van der Waals surface area contributed by atoms with E-state index in [-0.39, 0.29) is 17.1 Å². The van der Waals surface area contributed by atoms with Crippen LogP contribution >= 0.6 is 11.8 Å². The first kappa shape index (κ1) is 19.8. The molecule has 2 heterocycles. The van der Waals surface area contributed by atoms with E-state index < -0.39 is 0 Å². The molecule has 0 aliphatic rings. The van der Waals surface area contributed by atoms with Gasteiger partial charge in [-0.3, -0.25) is 4.57 Å². The van der Waals surface area contributed by atoms with Crippen molar-refractivity contribution in [2.45, 2.75) is 19.0 Å². The molecule has 0 aliphatic heterocycles.